The SMILES string of the molecule is CC1(C)C2CCC1(C)C(Cc1cccc(-c3ccnc(-c4ccccc4)c3)c1)C2. The highest BCUT2D eigenvalue weighted by molar-refractivity contribution is 5.70. The lowest BCUT2D eigenvalue weighted by Crippen LogP contribution is -2.33. The van der Waals surface area contributed by atoms with E-state index in [-0.39, 0.29) is 0 Å². The van der Waals surface area contributed by atoms with Crippen LogP contribution in [0.2, 0.25) is 0 Å². The van der Waals surface area contributed by atoms with Crippen molar-refractivity contribution in [3.8, 4) is 22.4 Å². The van der Waals surface area contributed by atoms with Crippen molar-refractivity contribution in [2.24, 2.45) is 22.7 Å². The van der Waals surface area contributed by atoms with E-state index < -0.39 is 0 Å². The molecule has 2 saturated carbocycles. The second-order valence-electron chi connectivity index (χ2n) is 10.0. The zero-order valence-electron chi connectivity index (χ0n) is 17.9. The lowest BCUT2D eigenvalue weighted by molar-refractivity contribution is 0.103. The third kappa shape index (κ3) is 3.03. The molecule has 0 saturated heterocycles. The number of benzene rings is 2. The Kier molecular flexibility index (Phi) is 4.38. The molecular weight excluding hydrogens is 350 g/mol. The average molecular weight is 382 g/mol. The molecule has 3 atom stereocenters. The molecule has 0 N–H and O–H groups in total. The Bertz CT molecular complexity index is 1020. The molecule has 29 heavy (non-hydrogen) atoms. The van der Waals surface area contributed by atoms with Gasteiger partial charge < -0.3 is 0 Å². The van der Waals surface area contributed by atoms with E-state index in [1.54, 1.807) is 0 Å². The number of aromatic nitrogens is 1. The van der Waals surface area contributed by atoms with Gasteiger partial charge in [0.15, 0.2) is 0 Å². The van der Waals surface area contributed by atoms with Crippen molar-refractivity contribution in [3.63, 3.8) is 0 Å². The minimum Gasteiger partial charge on any atom is -0.256 e. The second-order valence-corrected chi connectivity index (χ2v) is 10.0. The van der Waals surface area contributed by atoms with Crippen molar-refractivity contribution in [2.75, 3.05) is 0 Å². The third-order valence-corrected chi connectivity index (χ3v) is 8.55. The van der Waals surface area contributed by atoms with Gasteiger partial charge in [-0.3, -0.25) is 4.98 Å². The van der Waals surface area contributed by atoms with Crippen molar-refractivity contribution in [2.45, 2.75) is 46.5 Å². The van der Waals surface area contributed by atoms with E-state index in [1.165, 1.54) is 47.9 Å². The Balaban J connectivity index is 1.42. The summed E-state index contributed by atoms with van der Waals surface area (Å²) in [5.41, 5.74) is 7.22. The van der Waals surface area contributed by atoms with Crippen molar-refractivity contribution in [1.82, 2.24) is 4.98 Å². The van der Waals surface area contributed by atoms with Crippen LogP contribution < -0.4 is 0 Å². The molecule has 0 aliphatic heterocycles. The van der Waals surface area contributed by atoms with Crippen LogP contribution in [0.15, 0.2) is 72.9 Å². The molecule has 2 aliphatic rings. The van der Waals surface area contributed by atoms with Gasteiger partial charge in [-0.15, -0.1) is 0 Å². The number of pyridine rings is 1. The number of fused-ring (bicyclic) bond motifs is 2. The summed E-state index contributed by atoms with van der Waals surface area (Å²) in [6, 6.07) is 24.0. The Morgan fingerprint density at radius 1 is 0.862 bits per heavy atom. The lowest BCUT2D eigenvalue weighted by atomic mass is 9.65. The van der Waals surface area contributed by atoms with E-state index in [2.05, 4.69) is 86.4 Å². The summed E-state index contributed by atoms with van der Waals surface area (Å²) in [4.78, 5) is 4.59. The van der Waals surface area contributed by atoms with Crippen LogP contribution in [-0.4, -0.2) is 4.98 Å². The van der Waals surface area contributed by atoms with Gasteiger partial charge in [0.25, 0.3) is 0 Å². The molecule has 1 aromatic heterocycles. The number of hydrogen-bond acceptors (Lipinski definition) is 1. The van der Waals surface area contributed by atoms with Crippen molar-refractivity contribution in [3.05, 3.63) is 78.5 Å². The van der Waals surface area contributed by atoms with Gasteiger partial charge in [0.05, 0.1) is 5.69 Å². The first-order valence-electron chi connectivity index (χ1n) is 11.1. The van der Waals surface area contributed by atoms with Gasteiger partial charge >= 0.3 is 0 Å². The monoisotopic (exact) mass is 381 g/mol. The summed E-state index contributed by atoms with van der Waals surface area (Å²) in [6.45, 7) is 7.59. The summed E-state index contributed by atoms with van der Waals surface area (Å²) < 4.78 is 0. The highest BCUT2D eigenvalue weighted by Gasteiger charge is 2.60. The van der Waals surface area contributed by atoms with Gasteiger partial charge in [0, 0.05) is 11.8 Å². The summed E-state index contributed by atoms with van der Waals surface area (Å²) in [7, 11) is 0. The molecule has 148 valence electrons. The Morgan fingerprint density at radius 2 is 1.62 bits per heavy atom. The first-order chi connectivity index (χ1) is 14.0. The second kappa shape index (κ2) is 6.83. The van der Waals surface area contributed by atoms with Gasteiger partial charge in [-0.2, -0.15) is 0 Å². The van der Waals surface area contributed by atoms with Crippen LogP contribution in [0.4, 0.5) is 0 Å². The minimum absolute atomic E-state index is 0.491. The van der Waals surface area contributed by atoms with Crippen LogP contribution in [0.1, 0.15) is 45.6 Å². The van der Waals surface area contributed by atoms with Crippen LogP contribution in [0.5, 0.6) is 0 Å². The molecule has 0 spiro atoms. The van der Waals surface area contributed by atoms with E-state index in [4.69, 9.17) is 0 Å². The van der Waals surface area contributed by atoms with Crippen LogP contribution in [-0.2, 0) is 6.42 Å². The fraction of sp³-hybridized carbons (Fsp3) is 0.393. The van der Waals surface area contributed by atoms with Crippen LogP contribution in [0.25, 0.3) is 22.4 Å². The molecule has 1 heteroatoms. The zero-order valence-corrected chi connectivity index (χ0v) is 17.9. The van der Waals surface area contributed by atoms with E-state index in [9.17, 15) is 0 Å². The number of hydrogen-bond donors (Lipinski definition) is 0. The van der Waals surface area contributed by atoms with Gasteiger partial charge in [-0.25, -0.2) is 0 Å². The molecule has 3 unspecified atom stereocenters. The van der Waals surface area contributed by atoms with Crippen molar-refractivity contribution in [1.29, 1.82) is 0 Å². The highest BCUT2D eigenvalue weighted by Crippen LogP contribution is 2.68. The largest absolute Gasteiger partial charge is 0.256 e. The molecule has 2 aliphatic carbocycles. The summed E-state index contributed by atoms with van der Waals surface area (Å²) in [6.07, 6.45) is 7.38. The minimum atomic E-state index is 0.491. The van der Waals surface area contributed by atoms with E-state index in [0.29, 0.717) is 10.8 Å². The standard InChI is InChI=1S/C28H31N/c1-27(2)24-12-14-28(27,3)25(19-24)17-20-8-7-11-22(16-20)23-13-15-29-26(18-23)21-9-5-4-6-10-21/h4-11,13,15-16,18,24-25H,12,14,17,19H2,1-3H3. The smallest absolute Gasteiger partial charge is 0.0708 e. The van der Waals surface area contributed by atoms with E-state index >= 15 is 0 Å². The quantitative estimate of drug-likeness (QED) is 0.458. The molecule has 3 aromatic rings. The summed E-state index contributed by atoms with van der Waals surface area (Å²) >= 11 is 0. The van der Waals surface area contributed by atoms with Crippen LogP contribution in [0, 0.1) is 22.7 Å². The van der Waals surface area contributed by atoms with Crippen molar-refractivity contribution >= 4 is 0 Å². The molecule has 0 amide bonds. The van der Waals surface area contributed by atoms with E-state index in [0.717, 1.165) is 17.5 Å². The molecule has 2 aromatic carbocycles. The Hall–Kier alpha value is -2.41. The first kappa shape index (κ1) is 18.6. The normalized spacial score (nSPS) is 27.3. The number of nitrogens with zero attached hydrogens (tertiary/aromatic N) is 1. The predicted octanol–water partition coefficient (Wildman–Crippen LogP) is 7.42. The third-order valence-electron chi connectivity index (χ3n) is 8.55. The van der Waals surface area contributed by atoms with Gasteiger partial charge in [0.1, 0.15) is 0 Å². The van der Waals surface area contributed by atoms with Crippen LogP contribution >= 0.6 is 0 Å². The maximum absolute atomic E-state index is 4.59. The fourth-order valence-corrected chi connectivity index (χ4v) is 6.22. The molecule has 2 bridgehead atoms. The molecular formula is C28H31N. The maximum Gasteiger partial charge on any atom is 0.0708 e. The van der Waals surface area contributed by atoms with Crippen molar-refractivity contribution < 1.29 is 0 Å². The van der Waals surface area contributed by atoms with Crippen LogP contribution in [0.3, 0.4) is 0 Å². The summed E-state index contributed by atoms with van der Waals surface area (Å²) in [5, 5.41) is 0. The highest BCUT2D eigenvalue weighted by atomic mass is 14.7. The predicted molar refractivity (Wildman–Crippen MR) is 122 cm³/mol. The molecule has 5 rings (SSSR count). The molecule has 0 radical (unpaired) electrons. The fourth-order valence-electron chi connectivity index (χ4n) is 6.22. The van der Waals surface area contributed by atoms with Gasteiger partial charge in [-0.05, 0) is 77.2 Å². The van der Waals surface area contributed by atoms with Gasteiger partial charge in [0.2, 0.25) is 0 Å². The zero-order chi connectivity index (χ0) is 20.1. The average Bonchev–Trinajstić information content (AvgIpc) is 3.08. The Morgan fingerprint density at radius 3 is 2.34 bits per heavy atom. The molecule has 1 heterocycles. The Labute approximate surface area is 175 Å². The lowest BCUT2D eigenvalue weighted by Gasteiger charge is -2.39. The van der Waals surface area contributed by atoms with Gasteiger partial charge in [-0.1, -0.05) is 75.4 Å². The first-order valence-corrected chi connectivity index (χ1v) is 11.1. The topological polar surface area (TPSA) is 12.9 Å². The maximum atomic E-state index is 4.59. The molecule has 1 nitrogen and oxygen atoms in total. The summed E-state index contributed by atoms with van der Waals surface area (Å²) in [5.74, 6) is 1.72. The molecule has 2 fully saturated rings. The number of rotatable bonds is 4. The van der Waals surface area contributed by atoms with E-state index in [1.807, 2.05) is 12.3 Å².